The summed E-state index contributed by atoms with van der Waals surface area (Å²) in [6.07, 6.45) is -12.0. The number of hydrogen-bond donors (Lipinski definition) is 7. The highest BCUT2D eigenvalue weighted by molar-refractivity contribution is 7.78. The second-order valence-corrected chi connectivity index (χ2v) is 6.50. The predicted octanol–water partition coefficient (Wildman–Crippen LogP) is -3.90. The summed E-state index contributed by atoms with van der Waals surface area (Å²) in [5.74, 6) is -1.98. The lowest BCUT2D eigenvalue weighted by atomic mass is 9.93. The second kappa shape index (κ2) is 8.61. The molecule has 7 N–H and O–H groups in total. The van der Waals surface area contributed by atoms with E-state index < -0.39 is 74.1 Å². The zero-order chi connectivity index (χ0) is 19.6. The van der Waals surface area contributed by atoms with Gasteiger partial charge in [0.15, 0.2) is 12.1 Å². The maximum Gasteiger partial charge on any atom is 0.197 e. The van der Waals surface area contributed by atoms with E-state index in [9.17, 15) is 35.7 Å². The SMILES string of the molecule is C[C@]1(O[C@H]2OC(CO)[C@@H](O)C(O)C2N=C=S)OC(CO)[C@@H](O)[C@H](O)C1O. The first-order valence-corrected chi connectivity index (χ1v) is 8.31. The van der Waals surface area contributed by atoms with E-state index in [-0.39, 0.29) is 0 Å². The van der Waals surface area contributed by atoms with Gasteiger partial charge in [-0.25, -0.2) is 4.99 Å². The fourth-order valence-electron chi connectivity index (χ4n) is 2.99. The Balaban J connectivity index is 2.28. The van der Waals surface area contributed by atoms with Crippen LogP contribution in [0, 0.1) is 0 Å². The van der Waals surface area contributed by atoms with Gasteiger partial charge in [-0.2, -0.15) is 0 Å². The summed E-state index contributed by atoms with van der Waals surface area (Å²) >= 11 is 4.51. The van der Waals surface area contributed by atoms with Gasteiger partial charge in [-0.3, -0.25) is 0 Å². The van der Waals surface area contributed by atoms with Crippen LogP contribution in [-0.4, -0.2) is 115 Å². The molecule has 0 amide bonds. The Kier molecular flexibility index (Phi) is 7.18. The molecule has 0 saturated carbocycles. The van der Waals surface area contributed by atoms with Crippen molar-refractivity contribution >= 4 is 17.4 Å². The van der Waals surface area contributed by atoms with Crippen molar-refractivity contribution in [1.29, 1.82) is 0 Å². The van der Waals surface area contributed by atoms with E-state index >= 15 is 0 Å². The minimum absolute atomic E-state index is 0.646. The van der Waals surface area contributed by atoms with Crippen LogP contribution in [-0.2, 0) is 14.2 Å². The molecule has 2 fully saturated rings. The van der Waals surface area contributed by atoms with Crippen molar-refractivity contribution in [2.45, 2.75) is 67.8 Å². The summed E-state index contributed by atoms with van der Waals surface area (Å²) in [4.78, 5) is 3.68. The van der Waals surface area contributed by atoms with E-state index in [4.69, 9.17) is 14.2 Å². The summed E-state index contributed by atoms with van der Waals surface area (Å²) in [5.41, 5.74) is 0. The Morgan fingerprint density at radius 2 is 1.58 bits per heavy atom. The normalized spacial score (nSPS) is 49.5. The van der Waals surface area contributed by atoms with Crippen molar-refractivity contribution in [3.8, 4) is 0 Å². The first-order chi connectivity index (χ1) is 12.2. The predicted molar refractivity (Wildman–Crippen MR) is 86.0 cm³/mol. The number of isothiocyanates is 1. The molecule has 2 aliphatic rings. The van der Waals surface area contributed by atoms with Crippen LogP contribution in [0.2, 0.25) is 0 Å². The molecule has 2 saturated heterocycles. The van der Waals surface area contributed by atoms with Gasteiger partial charge in [-0.05, 0) is 19.1 Å². The van der Waals surface area contributed by atoms with Crippen LogP contribution in [0.15, 0.2) is 4.99 Å². The number of rotatable bonds is 5. The highest BCUT2D eigenvalue weighted by Gasteiger charge is 2.55. The molecular formula is C14H23NO10S. The Morgan fingerprint density at radius 3 is 2.12 bits per heavy atom. The largest absolute Gasteiger partial charge is 0.394 e. The first kappa shape index (κ1) is 21.7. The summed E-state index contributed by atoms with van der Waals surface area (Å²) in [6, 6.07) is -1.27. The van der Waals surface area contributed by atoms with Gasteiger partial charge in [0, 0.05) is 0 Å². The number of thiocarbonyl (C=S) groups is 1. The lowest BCUT2D eigenvalue weighted by Crippen LogP contribution is -2.68. The third-order valence-corrected chi connectivity index (χ3v) is 4.66. The molecule has 2 rings (SSSR count). The fourth-order valence-corrected chi connectivity index (χ4v) is 3.11. The van der Waals surface area contributed by atoms with E-state index in [1.165, 1.54) is 6.92 Å². The average molecular weight is 397 g/mol. The molecule has 10 atom stereocenters. The molecule has 2 aliphatic heterocycles. The van der Waals surface area contributed by atoms with Crippen LogP contribution in [0.1, 0.15) is 6.92 Å². The van der Waals surface area contributed by atoms with Gasteiger partial charge in [-0.15, -0.1) is 0 Å². The fraction of sp³-hybridized carbons (Fsp3) is 0.929. The quantitative estimate of drug-likeness (QED) is 0.178. The van der Waals surface area contributed by atoms with Crippen LogP contribution >= 0.6 is 12.2 Å². The number of nitrogens with zero attached hydrogens (tertiary/aromatic N) is 1. The average Bonchev–Trinajstić information content (AvgIpc) is 2.62. The van der Waals surface area contributed by atoms with Gasteiger partial charge in [0.05, 0.1) is 18.4 Å². The second-order valence-electron chi connectivity index (χ2n) is 6.32. The molecule has 0 bridgehead atoms. The molecule has 150 valence electrons. The van der Waals surface area contributed by atoms with Crippen molar-refractivity contribution < 1.29 is 50.0 Å². The highest BCUT2D eigenvalue weighted by Crippen LogP contribution is 2.35. The minimum atomic E-state index is -1.98. The molecule has 0 aromatic carbocycles. The van der Waals surface area contributed by atoms with Crippen LogP contribution in [0.3, 0.4) is 0 Å². The molecule has 26 heavy (non-hydrogen) atoms. The molecule has 0 aromatic heterocycles. The number of aliphatic imine (C=N–C) groups is 1. The van der Waals surface area contributed by atoms with E-state index in [0.29, 0.717) is 0 Å². The molecule has 11 nitrogen and oxygen atoms in total. The van der Waals surface area contributed by atoms with Gasteiger partial charge in [0.1, 0.15) is 48.8 Å². The first-order valence-electron chi connectivity index (χ1n) is 7.90. The standard InChI is InChI=1S/C14H23NO10S/c1-14(12(22)11(21)9(19)6(3-17)24-14)25-13-7(15-4-26)10(20)8(18)5(2-16)23-13/h5-13,16-22H,2-3H2,1H3/t5?,6?,7?,8-,9-,10?,11+,12?,13-,14-/m1/s1. The molecule has 0 aliphatic carbocycles. The smallest absolute Gasteiger partial charge is 0.197 e. The zero-order valence-corrected chi connectivity index (χ0v) is 14.6. The summed E-state index contributed by atoms with van der Waals surface area (Å²) in [6.45, 7) is -0.0906. The molecular weight excluding hydrogens is 374 g/mol. The Hall–Kier alpha value is -0.600. The van der Waals surface area contributed by atoms with Crippen LogP contribution in [0.25, 0.3) is 0 Å². The van der Waals surface area contributed by atoms with Gasteiger partial charge < -0.3 is 50.0 Å². The van der Waals surface area contributed by atoms with E-state index in [0.717, 1.165) is 0 Å². The van der Waals surface area contributed by atoms with Crippen molar-refractivity contribution in [3.05, 3.63) is 0 Å². The van der Waals surface area contributed by atoms with Gasteiger partial charge in [0.2, 0.25) is 0 Å². The highest BCUT2D eigenvalue weighted by atomic mass is 32.1. The number of hydrogen-bond acceptors (Lipinski definition) is 12. The molecule has 0 spiro atoms. The molecule has 5 unspecified atom stereocenters. The maximum absolute atomic E-state index is 10.2. The van der Waals surface area contributed by atoms with Gasteiger partial charge >= 0.3 is 0 Å². The van der Waals surface area contributed by atoms with Gasteiger partial charge in [-0.1, -0.05) is 0 Å². The summed E-state index contributed by atoms with van der Waals surface area (Å²) in [7, 11) is 0. The van der Waals surface area contributed by atoms with Crippen LogP contribution in [0.5, 0.6) is 0 Å². The third kappa shape index (κ3) is 3.97. The topological polar surface area (TPSA) is 182 Å². The minimum Gasteiger partial charge on any atom is -0.394 e. The van der Waals surface area contributed by atoms with E-state index in [2.05, 4.69) is 17.2 Å². The van der Waals surface area contributed by atoms with Crippen molar-refractivity contribution in [2.24, 2.45) is 4.99 Å². The molecule has 2 heterocycles. The zero-order valence-electron chi connectivity index (χ0n) is 13.8. The number of aliphatic hydroxyl groups excluding tert-OH is 7. The Morgan fingerprint density at radius 1 is 1.00 bits per heavy atom. The Bertz CT molecular complexity index is 532. The molecule has 0 aromatic rings. The maximum atomic E-state index is 10.2. The molecule has 0 radical (unpaired) electrons. The lowest BCUT2D eigenvalue weighted by molar-refractivity contribution is -0.406. The summed E-state index contributed by atoms with van der Waals surface area (Å²) < 4.78 is 16.3. The third-order valence-electron chi connectivity index (χ3n) is 4.56. The summed E-state index contributed by atoms with van der Waals surface area (Å²) in [5, 5.41) is 70.7. The lowest BCUT2D eigenvalue weighted by Gasteiger charge is -2.49. The van der Waals surface area contributed by atoms with Crippen molar-refractivity contribution in [3.63, 3.8) is 0 Å². The Labute approximate surface area is 154 Å². The molecule has 12 heteroatoms. The van der Waals surface area contributed by atoms with Crippen LogP contribution in [0.4, 0.5) is 0 Å². The van der Waals surface area contributed by atoms with Crippen molar-refractivity contribution in [2.75, 3.05) is 13.2 Å². The van der Waals surface area contributed by atoms with E-state index in [1.54, 1.807) is 0 Å². The van der Waals surface area contributed by atoms with E-state index in [1.807, 2.05) is 5.16 Å². The van der Waals surface area contributed by atoms with Crippen molar-refractivity contribution in [1.82, 2.24) is 0 Å². The van der Waals surface area contributed by atoms with Gasteiger partial charge in [0.25, 0.3) is 0 Å². The number of ether oxygens (including phenoxy) is 3. The number of aliphatic hydroxyl groups is 7. The van der Waals surface area contributed by atoms with Crippen LogP contribution < -0.4 is 0 Å². The monoisotopic (exact) mass is 397 g/mol.